The molecule has 1 rings (SSSR count). The Kier molecular flexibility index (Phi) is 4.34. The van der Waals surface area contributed by atoms with Crippen LogP contribution in [-0.2, 0) is 0 Å². The molecule has 0 radical (unpaired) electrons. The lowest BCUT2D eigenvalue weighted by Gasteiger charge is -2.14. The molecule has 0 saturated heterocycles. The highest BCUT2D eigenvalue weighted by Gasteiger charge is 2.15. The molecule has 0 fully saturated rings. The summed E-state index contributed by atoms with van der Waals surface area (Å²) in [5, 5.41) is 18.7. The quantitative estimate of drug-likeness (QED) is 0.623. The van der Waals surface area contributed by atoms with Gasteiger partial charge in [0.1, 0.15) is 11.5 Å². The van der Waals surface area contributed by atoms with Crippen LogP contribution in [0.25, 0.3) is 0 Å². The van der Waals surface area contributed by atoms with E-state index in [0.717, 1.165) is 12.5 Å². The van der Waals surface area contributed by atoms with Gasteiger partial charge in [-0.05, 0) is 18.6 Å². The number of phenols is 2. The summed E-state index contributed by atoms with van der Waals surface area (Å²) in [5.74, 6) is -0.218. The van der Waals surface area contributed by atoms with E-state index < -0.39 is 8.07 Å². The number of ketones is 1. The Balaban J connectivity index is 2.59. The van der Waals surface area contributed by atoms with Gasteiger partial charge in [-0.25, -0.2) is 0 Å². The van der Waals surface area contributed by atoms with Crippen LogP contribution in [0.2, 0.25) is 25.7 Å². The van der Waals surface area contributed by atoms with E-state index in [9.17, 15) is 9.90 Å². The third kappa shape index (κ3) is 4.61. The predicted molar refractivity (Wildman–Crippen MR) is 71.5 cm³/mol. The Morgan fingerprint density at radius 3 is 2.41 bits per heavy atom. The fraction of sp³-hybridized carbons (Fsp3) is 0.462. The van der Waals surface area contributed by atoms with E-state index in [1.807, 2.05) is 0 Å². The van der Waals surface area contributed by atoms with Crippen molar-refractivity contribution in [2.75, 3.05) is 0 Å². The standard InChI is InChI=1S/C13H20O3Si/c1-17(2,3)8-4-5-12(15)11-7-6-10(14)9-13(11)16/h6-7,9,14,16H,4-5,8H2,1-3H3. The maximum Gasteiger partial charge on any atom is 0.166 e. The number of hydrogen-bond acceptors (Lipinski definition) is 3. The first-order valence-corrected chi connectivity index (χ1v) is 9.55. The number of aromatic hydroxyl groups is 2. The Morgan fingerprint density at radius 2 is 1.88 bits per heavy atom. The summed E-state index contributed by atoms with van der Waals surface area (Å²) in [6.45, 7) is 6.82. The molecule has 0 aliphatic carbocycles. The molecule has 17 heavy (non-hydrogen) atoms. The van der Waals surface area contributed by atoms with Gasteiger partial charge in [0.15, 0.2) is 5.78 Å². The second-order valence-electron chi connectivity index (χ2n) is 5.54. The minimum atomic E-state index is -1.10. The third-order valence-corrected chi connectivity index (χ3v) is 4.47. The molecule has 0 amide bonds. The highest BCUT2D eigenvalue weighted by atomic mass is 28.3. The molecule has 94 valence electrons. The van der Waals surface area contributed by atoms with Crippen molar-refractivity contribution in [3.05, 3.63) is 23.8 Å². The number of hydrogen-bond donors (Lipinski definition) is 2. The van der Waals surface area contributed by atoms with Gasteiger partial charge in [-0.1, -0.05) is 25.7 Å². The van der Waals surface area contributed by atoms with Gasteiger partial charge in [0.25, 0.3) is 0 Å². The molecule has 0 aliphatic heterocycles. The van der Waals surface area contributed by atoms with Crippen molar-refractivity contribution >= 4 is 13.9 Å². The Hall–Kier alpha value is -1.29. The first-order valence-electron chi connectivity index (χ1n) is 5.85. The van der Waals surface area contributed by atoms with Gasteiger partial charge in [-0.2, -0.15) is 0 Å². The van der Waals surface area contributed by atoms with Crippen LogP contribution in [0.4, 0.5) is 0 Å². The summed E-state index contributed by atoms with van der Waals surface area (Å²) < 4.78 is 0. The largest absolute Gasteiger partial charge is 0.508 e. The van der Waals surface area contributed by atoms with Gasteiger partial charge < -0.3 is 10.2 Å². The molecule has 0 heterocycles. The lowest BCUT2D eigenvalue weighted by Crippen LogP contribution is -2.19. The van der Waals surface area contributed by atoms with Crippen molar-refractivity contribution in [3.8, 4) is 11.5 Å². The molecule has 0 saturated carbocycles. The Labute approximate surface area is 103 Å². The molecule has 1 aromatic rings. The molecule has 0 atom stereocenters. The molecule has 0 spiro atoms. The number of Topliss-reactive ketones (excluding diaryl/α,β-unsaturated/α-hetero) is 1. The number of carbonyl (C=O) groups is 1. The summed E-state index contributed by atoms with van der Waals surface area (Å²) in [5.41, 5.74) is 0.304. The molecule has 3 nitrogen and oxygen atoms in total. The summed E-state index contributed by atoms with van der Waals surface area (Å²) in [7, 11) is -1.10. The third-order valence-electron chi connectivity index (χ3n) is 2.61. The first-order chi connectivity index (χ1) is 7.79. The molecular formula is C13H20O3Si. The zero-order chi connectivity index (χ0) is 13.1. The van der Waals surface area contributed by atoms with Gasteiger partial charge in [0, 0.05) is 20.6 Å². The smallest absolute Gasteiger partial charge is 0.166 e. The maximum absolute atomic E-state index is 11.8. The number of benzene rings is 1. The van der Waals surface area contributed by atoms with Crippen molar-refractivity contribution in [2.24, 2.45) is 0 Å². The fourth-order valence-corrected chi connectivity index (χ4v) is 2.91. The van der Waals surface area contributed by atoms with E-state index in [0.29, 0.717) is 12.0 Å². The highest BCUT2D eigenvalue weighted by molar-refractivity contribution is 6.76. The molecule has 0 aromatic heterocycles. The summed E-state index contributed by atoms with van der Waals surface area (Å²) in [4.78, 5) is 11.8. The Morgan fingerprint density at radius 1 is 1.24 bits per heavy atom. The summed E-state index contributed by atoms with van der Waals surface area (Å²) >= 11 is 0. The van der Waals surface area contributed by atoms with Crippen molar-refractivity contribution < 1.29 is 15.0 Å². The van der Waals surface area contributed by atoms with E-state index in [1.54, 1.807) is 0 Å². The van der Waals surface area contributed by atoms with E-state index in [4.69, 9.17) is 5.11 Å². The average Bonchev–Trinajstić information content (AvgIpc) is 2.15. The highest BCUT2D eigenvalue weighted by Crippen LogP contribution is 2.24. The zero-order valence-electron chi connectivity index (χ0n) is 10.7. The van der Waals surface area contributed by atoms with Gasteiger partial charge in [0.05, 0.1) is 5.56 Å². The zero-order valence-corrected chi connectivity index (χ0v) is 11.7. The molecule has 0 bridgehead atoms. The van der Waals surface area contributed by atoms with Crippen LogP contribution in [-0.4, -0.2) is 24.1 Å². The maximum atomic E-state index is 11.8. The van der Waals surface area contributed by atoms with Gasteiger partial charge in [-0.3, -0.25) is 4.79 Å². The van der Waals surface area contributed by atoms with Crippen LogP contribution < -0.4 is 0 Å². The molecular weight excluding hydrogens is 232 g/mol. The van der Waals surface area contributed by atoms with E-state index >= 15 is 0 Å². The van der Waals surface area contributed by atoms with Crippen LogP contribution in [0.1, 0.15) is 23.2 Å². The molecule has 1 aromatic carbocycles. The van der Waals surface area contributed by atoms with Crippen LogP contribution in [0.15, 0.2) is 18.2 Å². The van der Waals surface area contributed by atoms with Crippen molar-refractivity contribution in [1.29, 1.82) is 0 Å². The van der Waals surface area contributed by atoms with Crippen LogP contribution in [0.5, 0.6) is 11.5 Å². The van der Waals surface area contributed by atoms with Crippen molar-refractivity contribution in [3.63, 3.8) is 0 Å². The second kappa shape index (κ2) is 5.36. The number of rotatable bonds is 5. The van der Waals surface area contributed by atoms with Crippen LogP contribution >= 0.6 is 0 Å². The van der Waals surface area contributed by atoms with E-state index in [2.05, 4.69) is 19.6 Å². The number of phenolic OH excluding ortho intramolecular Hbond substituents is 2. The van der Waals surface area contributed by atoms with Crippen molar-refractivity contribution in [2.45, 2.75) is 38.5 Å². The van der Waals surface area contributed by atoms with Crippen LogP contribution in [0.3, 0.4) is 0 Å². The van der Waals surface area contributed by atoms with E-state index in [-0.39, 0.29) is 17.3 Å². The predicted octanol–water partition coefficient (Wildman–Crippen LogP) is 3.40. The van der Waals surface area contributed by atoms with Gasteiger partial charge in [-0.15, -0.1) is 0 Å². The second-order valence-corrected chi connectivity index (χ2v) is 11.2. The van der Waals surface area contributed by atoms with E-state index in [1.165, 1.54) is 18.2 Å². The average molecular weight is 252 g/mol. The summed E-state index contributed by atoms with van der Waals surface area (Å²) in [6, 6.07) is 5.20. The Bertz CT molecular complexity index is 408. The van der Waals surface area contributed by atoms with Gasteiger partial charge in [0.2, 0.25) is 0 Å². The van der Waals surface area contributed by atoms with Gasteiger partial charge >= 0.3 is 0 Å². The molecule has 0 aliphatic rings. The molecule has 2 N–H and O–H groups in total. The summed E-state index contributed by atoms with van der Waals surface area (Å²) in [6.07, 6.45) is 1.33. The first kappa shape index (κ1) is 13.8. The van der Waals surface area contributed by atoms with Crippen molar-refractivity contribution in [1.82, 2.24) is 0 Å². The minimum absolute atomic E-state index is 0.0267. The molecule has 0 unspecified atom stereocenters. The van der Waals surface area contributed by atoms with Crippen LogP contribution in [0, 0.1) is 0 Å². The topological polar surface area (TPSA) is 57.5 Å². The lowest BCUT2D eigenvalue weighted by atomic mass is 10.1. The monoisotopic (exact) mass is 252 g/mol. The normalized spacial score (nSPS) is 11.5. The SMILES string of the molecule is C[Si](C)(C)CCCC(=O)c1ccc(O)cc1O. The fourth-order valence-electron chi connectivity index (χ4n) is 1.67. The lowest BCUT2D eigenvalue weighted by molar-refractivity contribution is 0.0979. The molecule has 4 heteroatoms. The number of carbonyl (C=O) groups excluding carboxylic acids is 1. The minimum Gasteiger partial charge on any atom is -0.508 e.